The lowest BCUT2D eigenvalue weighted by Gasteiger charge is -2.15. The van der Waals surface area contributed by atoms with Crippen molar-refractivity contribution in [1.82, 2.24) is 10.2 Å². The number of hydrogen-bond donors (Lipinski definition) is 2. The second-order valence-corrected chi connectivity index (χ2v) is 8.07. The van der Waals surface area contributed by atoms with Gasteiger partial charge in [0.05, 0.1) is 6.42 Å². The van der Waals surface area contributed by atoms with E-state index in [4.69, 9.17) is 4.74 Å². The summed E-state index contributed by atoms with van der Waals surface area (Å²) in [5, 5.41) is 5.26. The zero-order valence-corrected chi connectivity index (χ0v) is 17.6. The Morgan fingerprint density at radius 3 is 2.30 bits per heavy atom. The number of ether oxygens (including phenoxy) is 1. The van der Waals surface area contributed by atoms with Crippen LogP contribution in [0.15, 0.2) is 24.3 Å². The third-order valence-electron chi connectivity index (χ3n) is 4.43. The number of amides is 4. The molecule has 1 saturated heterocycles. The van der Waals surface area contributed by atoms with Crippen LogP contribution in [0.25, 0.3) is 0 Å². The van der Waals surface area contributed by atoms with Crippen LogP contribution in [0.1, 0.15) is 50.9 Å². The first-order valence-corrected chi connectivity index (χ1v) is 9.72. The molecular formula is C21H27N3O6. The summed E-state index contributed by atoms with van der Waals surface area (Å²) in [6.07, 6.45) is 0.197. The highest BCUT2D eigenvalue weighted by Crippen LogP contribution is 2.17. The average molecular weight is 417 g/mol. The molecule has 4 amide bonds. The van der Waals surface area contributed by atoms with E-state index < -0.39 is 35.8 Å². The number of carbonyl (C=O) groups is 5. The van der Waals surface area contributed by atoms with Gasteiger partial charge in [0.2, 0.25) is 5.91 Å². The van der Waals surface area contributed by atoms with Gasteiger partial charge in [-0.25, -0.2) is 4.79 Å². The summed E-state index contributed by atoms with van der Waals surface area (Å²) in [4.78, 5) is 60.6. The van der Waals surface area contributed by atoms with Crippen molar-refractivity contribution < 1.29 is 28.7 Å². The Labute approximate surface area is 175 Å². The molecule has 0 atom stereocenters. The average Bonchev–Trinajstić information content (AvgIpc) is 2.84. The van der Waals surface area contributed by atoms with Gasteiger partial charge < -0.3 is 15.4 Å². The molecular weight excluding hydrogens is 390 g/mol. The van der Waals surface area contributed by atoms with Crippen molar-refractivity contribution >= 4 is 35.3 Å². The molecule has 1 aromatic carbocycles. The number of esters is 1. The van der Waals surface area contributed by atoms with Gasteiger partial charge in [-0.2, -0.15) is 0 Å². The van der Waals surface area contributed by atoms with Crippen molar-refractivity contribution in [2.75, 3.05) is 18.5 Å². The number of nitrogens with one attached hydrogen (secondary N) is 2. The highest BCUT2D eigenvalue weighted by Gasteiger charge is 2.44. The zero-order valence-electron chi connectivity index (χ0n) is 17.6. The molecule has 0 spiro atoms. The Balaban J connectivity index is 1.78. The van der Waals surface area contributed by atoms with Gasteiger partial charge in [0.1, 0.15) is 5.54 Å². The van der Waals surface area contributed by atoms with Crippen molar-refractivity contribution in [3.8, 4) is 0 Å². The maximum atomic E-state index is 12.2. The molecule has 162 valence electrons. The largest absolute Gasteiger partial charge is 0.457 e. The lowest BCUT2D eigenvalue weighted by atomic mass is 10.1. The maximum absolute atomic E-state index is 12.2. The van der Waals surface area contributed by atoms with E-state index in [1.165, 1.54) is 12.1 Å². The van der Waals surface area contributed by atoms with Crippen LogP contribution < -0.4 is 10.6 Å². The highest BCUT2D eigenvalue weighted by atomic mass is 16.5. The monoisotopic (exact) mass is 417 g/mol. The summed E-state index contributed by atoms with van der Waals surface area (Å²) in [5.74, 6) is -1.38. The third-order valence-corrected chi connectivity index (χ3v) is 4.43. The molecule has 0 aromatic heterocycles. The van der Waals surface area contributed by atoms with Crippen LogP contribution in [0.3, 0.4) is 0 Å². The van der Waals surface area contributed by atoms with Gasteiger partial charge in [-0.1, -0.05) is 13.8 Å². The fraction of sp³-hybridized carbons (Fsp3) is 0.476. The second-order valence-electron chi connectivity index (χ2n) is 8.07. The van der Waals surface area contributed by atoms with E-state index in [1.807, 2.05) is 13.8 Å². The Morgan fingerprint density at radius 1 is 1.13 bits per heavy atom. The van der Waals surface area contributed by atoms with Crippen LogP contribution >= 0.6 is 0 Å². The quantitative estimate of drug-likeness (QED) is 0.361. The molecule has 9 nitrogen and oxygen atoms in total. The minimum Gasteiger partial charge on any atom is -0.457 e. The summed E-state index contributed by atoms with van der Waals surface area (Å²) in [5.41, 5.74) is -0.0941. The number of Topliss-reactive ketones (excluding diaryl/α,β-unsaturated/α-hetero) is 1. The first-order chi connectivity index (χ1) is 14.0. The zero-order chi connectivity index (χ0) is 22.5. The van der Waals surface area contributed by atoms with Gasteiger partial charge in [-0.3, -0.25) is 24.1 Å². The fourth-order valence-electron chi connectivity index (χ4n) is 2.85. The standard InChI is InChI=1S/C21H27N3O6/c1-13(2)11-17(26)22-15-7-5-14(6-8-15)16(25)12-30-18(27)9-10-24-19(28)21(3,4)23-20(24)29/h5-8,13H,9-12H2,1-4H3,(H,22,26)(H,23,29). The van der Waals surface area contributed by atoms with Crippen LogP contribution in [0.2, 0.25) is 0 Å². The lowest BCUT2D eigenvalue weighted by molar-refractivity contribution is -0.143. The lowest BCUT2D eigenvalue weighted by Crippen LogP contribution is -2.40. The van der Waals surface area contributed by atoms with E-state index in [2.05, 4.69) is 10.6 Å². The molecule has 2 rings (SSSR count). The normalized spacial score (nSPS) is 15.2. The number of benzene rings is 1. The van der Waals surface area contributed by atoms with Crippen LogP contribution in [0.4, 0.5) is 10.5 Å². The van der Waals surface area contributed by atoms with E-state index in [0.29, 0.717) is 17.7 Å². The minimum absolute atomic E-state index is 0.105. The first-order valence-electron chi connectivity index (χ1n) is 9.72. The molecule has 2 N–H and O–H groups in total. The summed E-state index contributed by atoms with van der Waals surface area (Å²) in [6.45, 7) is 6.47. The van der Waals surface area contributed by atoms with Crippen LogP contribution in [0.5, 0.6) is 0 Å². The van der Waals surface area contributed by atoms with Gasteiger partial charge in [0, 0.05) is 24.2 Å². The molecule has 0 radical (unpaired) electrons. The number of nitrogens with zero attached hydrogens (tertiary/aromatic N) is 1. The molecule has 0 saturated carbocycles. The Hall–Kier alpha value is -3.23. The topological polar surface area (TPSA) is 122 Å². The fourth-order valence-corrected chi connectivity index (χ4v) is 2.85. The van der Waals surface area contributed by atoms with E-state index in [0.717, 1.165) is 4.90 Å². The Kier molecular flexibility index (Phi) is 7.31. The number of hydrogen-bond acceptors (Lipinski definition) is 6. The molecule has 30 heavy (non-hydrogen) atoms. The second kappa shape index (κ2) is 9.51. The number of rotatable bonds is 9. The predicted molar refractivity (Wildman–Crippen MR) is 109 cm³/mol. The van der Waals surface area contributed by atoms with Gasteiger partial charge in [-0.15, -0.1) is 0 Å². The van der Waals surface area contributed by atoms with Crippen LogP contribution in [-0.2, 0) is 19.1 Å². The highest BCUT2D eigenvalue weighted by molar-refractivity contribution is 6.06. The predicted octanol–water partition coefficient (Wildman–Crippen LogP) is 2.12. The minimum atomic E-state index is -1.00. The van der Waals surface area contributed by atoms with Gasteiger partial charge in [0.25, 0.3) is 5.91 Å². The molecule has 1 aromatic rings. The SMILES string of the molecule is CC(C)CC(=O)Nc1ccc(C(=O)COC(=O)CCN2C(=O)NC(C)(C)C2=O)cc1. The molecule has 1 aliphatic rings. The summed E-state index contributed by atoms with van der Waals surface area (Å²) < 4.78 is 4.95. The van der Waals surface area contributed by atoms with Crippen molar-refractivity contribution in [2.24, 2.45) is 5.92 Å². The summed E-state index contributed by atoms with van der Waals surface area (Å²) in [6, 6.07) is 5.72. The number of carbonyl (C=O) groups excluding carboxylic acids is 5. The van der Waals surface area contributed by atoms with E-state index in [9.17, 15) is 24.0 Å². The molecule has 9 heteroatoms. The molecule has 1 aliphatic heterocycles. The summed E-state index contributed by atoms with van der Waals surface area (Å²) in [7, 11) is 0. The first kappa shape index (κ1) is 23.1. The molecule has 0 bridgehead atoms. The van der Waals surface area contributed by atoms with Crippen LogP contribution in [-0.4, -0.2) is 53.2 Å². The number of ketones is 1. The van der Waals surface area contributed by atoms with Crippen molar-refractivity contribution in [2.45, 2.75) is 46.1 Å². The van der Waals surface area contributed by atoms with E-state index in [-0.39, 0.29) is 24.8 Å². The molecule has 0 unspecified atom stereocenters. The Morgan fingerprint density at radius 2 is 1.77 bits per heavy atom. The summed E-state index contributed by atoms with van der Waals surface area (Å²) >= 11 is 0. The van der Waals surface area contributed by atoms with E-state index in [1.54, 1.807) is 26.0 Å². The number of imide groups is 1. The van der Waals surface area contributed by atoms with Crippen LogP contribution in [0, 0.1) is 5.92 Å². The number of anilines is 1. The van der Waals surface area contributed by atoms with Gasteiger partial charge in [0.15, 0.2) is 12.4 Å². The molecule has 1 heterocycles. The van der Waals surface area contributed by atoms with Crippen molar-refractivity contribution in [1.29, 1.82) is 0 Å². The number of urea groups is 1. The third kappa shape index (κ3) is 6.13. The maximum Gasteiger partial charge on any atom is 0.325 e. The van der Waals surface area contributed by atoms with Gasteiger partial charge in [-0.05, 0) is 44.0 Å². The van der Waals surface area contributed by atoms with Crippen molar-refractivity contribution in [3.63, 3.8) is 0 Å². The Bertz CT molecular complexity index is 845. The van der Waals surface area contributed by atoms with Gasteiger partial charge >= 0.3 is 12.0 Å². The smallest absolute Gasteiger partial charge is 0.325 e. The van der Waals surface area contributed by atoms with Crippen molar-refractivity contribution in [3.05, 3.63) is 29.8 Å². The van der Waals surface area contributed by atoms with E-state index >= 15 is 0 Å². The molecule has 1 fully saturated rings. The molecule has 0 aliphatic carbocycles.